The number of nitrogens with one attached hydrogen (secondary N) is 1. The zero-order chi connectivity index (χ0) is 24.2. The predicted octanol–water partition coefficient (Wildman–Crippen LogP) is 5.27. The van der Waals surface area contributed by atoms with Crippen molar-refractivity contribution in [3.05, 3.63) is 87.4 Å². The molecule has 0 aromatic heterocycles. The number of anilines is 2. The number of rotatable bonds is 7. The van der Waals surface area contributed by atoms with Gasteiger partial charge in [0.1, 0.15) is 6.54 Å². The third kappa shape index (κ3) is 5.59. The first-order valence-electron chi connectivity index (χ1n) is 9.34. The molecular weight excluding hydrogens is 511 g/mol. The summed E-state index contributed by atoms with van der Waals surface area (Å²) in [4.78, 5) is 24.7. The summed E-state index contributed by atoms with van der Waals surface area (Å²) >= 11 is 18.5. The second-order valence-corrected chi connectivity index (χ2v) is 9.69. The molecule has 11 heteroatoms. The number of esters is 1. The van der Waals surface area contributed by atoms with Crippen molar-refractivity contribution in [1.29, 1.82) is 0 Å². The molecule has 0 aliphatic carbocycles. The van der Waals surface area contributed by atoms with Gasteiger partial charge in [0, 0.05) is 0 Å². The molecular formula is C22H17Cl3N2O5S. The van der Waals surface area contributed by atoms with E-state index in [1.54, 1.807) is 18.2 Å². The van der Waals surface area contributed by atoms with Gasteiger partial charge in [-0.25, -0.2) is 13.2 Å². The monoisotopic (exact) mass is 526 g/mol. The molecule has 172 valence electrons. The van der Waals surface area contributed by atoms with Crippen molar-refractivity contribution >= 4 is 68.1 Å². The fourth-order valence-corrected chi connectivity index (χ4v) is 4.96. The van der Waals surface area contributed by atoms with Crippen LogP contribution < -0.4 is 9.62 Å². The quantitative estimate of drug-likeness (QED) is 0.423. The Morgan fingerprint density at radius 2 is 1.64 bits per heavy atom. The number of sulfonamides is 1. The van der Waals surface area contributed by atoms with Crippen LogP contribution in [0.25, 0.3) is 0 Å². The van der Waals surface area contributed by atoms with Gasteiger partial charge in [0.2, 0.25) is 5.91 Å². The molecule has 3 aromatic carbocycles. The van der Waals surface area contributed by atoms with E-state index in [9.17, 15) is 18.0 Å². The highest BCUT2D eigenvalue weighted by Crippen LogP contribution is 2.35. The molecule has 0 aliphatic rings. The third-order valence-corrected chi connectivity index (χ3v) is 7.39. The Kier molecular flexibility index (Phi) is 7.86. The van der Waals surface area contributed by atoms with Gasteiger partial charge in [0.15, 0.2) is 0 Å². The van der Waals surface area contributed by atoms with Crippen LogP contribution in [-0.2, 0) is 19.6 Å². The maximum Gasteiger partial charge on any atom is 0.337 e. The van der Waals surface area contributed by atoms with Crippen LogP contribution >= 0.6 is 34.8 Å². The number of ether oxygens (including phenoxy) is 1. The van der Waals surface area contributed by atoms with Crippen molar-refractivity contribution in [3.63, 3.8) is 0 Å². The number of hydrogen-bond acceptors (Lipinski definition) is 5. The van der Waals surface area contributed by atoms with Crippen LogP contribution in [0.5, 0.6) is 0 Å². The second-order valence-electron chi connectivity index (χ2n) is 6.63. The lowest BCUT2D eigenvalue weighted by Crippen LogP contribution is -2.38. The number of methoxy groups -OCH3 is 1. The lowest BCUT2D eigenvalue weighted by molar-refractivity contribution is -0.114. The predicted molar refractivity (Wildman–Crippen MR) is 129 cm³/mol. The summed E-state index contributed by atoms with van der Waals surface area (Å²) in [6.45, 7) is -0.643. The summed E-state index contributed by atoms with van der Waals surface area (Å²) in [6.07, 6.45) is 0. The number of nitrogens with zero attached hydrogens (tertiary/aromatic N) is 1. The van der Waals surface area contributed by atoms with Crippen LogP contribution in [0.2, 0.25) is 15.1 Å². The molecule has 0 saturated carbocycles. The van der Waals surface area contributed by atoms with E-state index >= 15 is 0 Å². The molecule has 0 aliphatic heterocycles. The van der Waals surface area contributed by atoms with Crippen molar-refractivity contribution in [2.24, 2.45) is 0 Å². The van der Waals surface area contributed by atoms with E-state index in [1.807, 2.05) is 0 Å². The molecule has 0 bridgehead atoms. The van der Waals surface area contributed by atoms with Gasteiger partial charge in [-0.2, -0.15) is 0 Å². The van der Waals surface area contributed by atoms with Gasteiger partial charge in [-0.1, -0.05) is 59.1 Å². The molecule has 0 saturated heterocycles. The van der Waals surface area contributed by atoms with Crippen molar-refractivity contribution < 1.29 is 22.7 Å². The number of halogens is 3. The molecule has 0 unspecified atom stereocenters. The Bertz CT molecular complexity index is 1300. The van der Waals surface area contributed by atoms with Gasteiger partial charge in [-0.15, -0.1) is 0 Å². The average Bonchev–Trinajstić information content (AvgIpc) is 2.81. The highest BCUT2D eigenvalue weighted by molar-refractivity contribution is 7.92. The van der Waals surface area contributed by atoms with E-state index in [4.69, 9.17) is 34.8 Å². The fourth-order valence-electron chi connectivity index (χ4n) is 2.89. The van der Waals surface area contributed by atoms with Gasteiger partial charge in [-0.3, -0.25) is 9.10 Å². The van der Waals surface area contributed by atoms with Crippen molar-refractivity contribution in [1.82, 2.24) is 0 Å². The van der Waals surface area contributed by atoms with E-state index < -0.39 is 28.4 Å². The maximum absolute atomic E-state index is 13.4. The van der Waals surface area contributed by atoms with Crippen LogP contribution in [0.15, 0.2) is 71.6 Å². The SMILES string of the molecule is COC(=O)c1ccc(Cl)c(NC(=O)CN(c2cccc(Cl)c2Cl)S(=O)(=O)c2ccccc2)c1. The molecule has 0 radical (unpaired) electrons. The molecule has 3 aromatic rings. The van der Waals surface area contributed by atoms with Gasteiger partial charge < -0.3 is 10.1 Å². The minimum absolute atomic E-state index is 0.0255. The number of carbonyl (C=O) groups excluding carboxylic acids is 2. The summed E-state index contributed by atoms with van der Waals surface area (Å²) in [7, 11) is -2.98. The Morgan fingerprint density at radius 3 is 2.30 bits per heavy atom. The molecule has 0 fully saturated rings. The summed E-state index contributed by atoms with van der Waals surface area (Å²) in [5.41, 5.74) is 0.292. The Morgan fingerprint density at radius 1 is 0.939 bits per heavy atom. The van der Waals surface area contributed by atoms with Gasteiger partial charge in [0.25, 0.3) is 10.0 Å². The number of hydrogen-bond donors (Lipinski definition) is 1. The molecule has 7 nitrogen and oxygen atoms in total. The zero-order valence-corrected chi connectivity index (χ0v) is 20.2. The molecule has 0 heterocycles. The average molecular weight is 528 g/mol. The zero-order valence-electron chi connectivity index (χ0n) is 17.1. The Balaban J connectivity index is 1.99. The number of carbonyl (C=O) groups is 2. The molecule has 0 spiro atoms. The van der Waals surface area contributed by atoms with Crippen LogP contribution in [0.3, 0.4) is 0 Å². The van der Waals surface area contributed by atoms with Crippen molar-refractivity contribution in [2.75, 3.05) is 23.3 Å². The summed E-state index contributed by atoms with van der Waals surface area (Å²) in [6, 6.07) is 16.2. The van der Waals surface area contributed by atoms with Crippen molar-refractivity contribution in [3.8, 4) is 0 Å². The normalized spacial score (nSPS) is 11.0. The van der Waals surface area contributed by atoms with Crippen LogP contribution in [0, 0.1) is 0 Å². The van der Waals surface area contributed by atoms with Crippen LogP contribution in [-0.4, -0.2) is 33.9 Å². The Hall–Kier alpha value is -2.78. The number of benzene rings is 3. The highest BCUT2D eigenvalue weighted by Gasteiger charge is 2.29. The maximum atomic E-state index is 13.4. The van der Waals surface area contributed by atoms with Crippen LogP contribution in [0.1, 0.15) is 10.4 Å². The van der Waals surface area contributed by atoms with Gasteiger partial charge in [-0.05, 0) is 42.5 Å². The first-order chi connectivity index (χ1) is 15.6. The summed E-state index contributed by atoms with van der Waals surface area (Å²) in [5, 5.41) is 2.77. The third-order valence-electron chi connectivity index (χ3n) is 4.48. The highest BCUT2D eigenvalue weighted by atomic mass is 35.5. The van der Waals surface area contributed by atoms with E-state index in [0.29, 0.717) is 0 Å². The van der Waals surface area contributed by atoms with Crippen molar-refractivity contribution in [2.45, 2.75) is 4.90 Å². The smallest absolute Gasteiger partial charge is 0.337 e. The second kappa shape index (κ2) is 10.4. The first-order valence-corrected chi connectivity index (χ1v) is 11.9. The molecule has 3 rings (SSSR count). The minimum atomic E-state index is -4.19. The van der Waals surface area contributed by atoms with E-state index in [0.717, 1.165) is 4.31 Å². The number of amides is 1. The Labute approximate surface area is 205 Å². The van der Waals surface area contributed by atoms with E-state index in [1.165, 1.54) is 55.6 Å². The van der Waals surface area contributed by atoms with Gasteiger partial charge in [0.05, 0.1) is 44.0 Å². The lowest BCUT2D eigenvalue weighted by Gasteiger charge is -2.25. The van der Waals surface area contributed by atoms with E-state index in [2.05, 4.69) is 10.1 Å². The van der Waals surface area contributed by atoms with Crippen LogP contribution in [0.4, 0.5) is 11.4 Å². The first kappa shape index (κ1) is 24.9. The summed E-state index contributed by atoms with van der Waals surface area (Å²) < 4.78 is 32.3. The molecule has 1 amide bonds. The molecule has 0 atom stereocenters. The van der Waals surface area contributed by atoms with Gasteiger partial charge >= 0.3 is 5.97 Å². The largest absolute Gasteiger partial charge is 0.465 e. The van der Waals surface area contributed by atoms with E-state index in [-0.39, 0.29) is 36.9 Å². The molecule has 33 heavy (non-hydrogen) atoms. The fraction of sp³-hybridized carbons (Fsp3) is 0.0909. The summed E-state index contributed by atoms with van der Waals surface area (Å²) in [5.74, 6) is -1.35. The minimum Gasteiger partial charge on any atom is -0.465 e. The standard InChI is InChI=1S/C22H17Cl3N2O5S/c1-32-22(29)14-10-11-16(23)18(12-14)26-20(28)13-27(19-9-5-8-17(24)21(19)25)33(30,31)15-6-3-2-4-7-15/h2-12H,13H2,1H3,(H,26,28). The molecule has 1 N–H and O–H groups in total. The lowest BCUT2D eigenvalue weighted by atomic mass is 10.2. The topological polar surface area (TPSA) is 92.8 Å².